The maximum absolute atomic E-state index is 12.4. The Morgan fingerprint density at radius 1 is 1.11 bits per heavy atom. The van der Waals surface area contributed by atoms with Gasteiger partial charge in [-0.05, 0) is 36.2 Å². The van der Waals surface area contributed by atoms with Crippen molar-refractivity contribution >= 4 is 10.0 Å². The molecular weight excluding hydrogens is 366 g/mol. The fraction of sp³-hybridized carbons (Fsp3) is 0.278. The highest BCUT2D eigenvalue weighted by molar-refractivity contribution is 7.89. The van der Waals surface area contributed by atoms with Crippen molar-refractivity contribution in [1.82, 2.24) is 24.3 Å². The fourth-order valence-corrected chi connectivity index (χ4v) is 3.64. The van der Waals surface area contributed by atoms with Crippen LogP contribution in [0, 0.1) is 0 Å². The first-order chi connectivity index (χ1) is 13.0. The Balaban J connectivity index is 1.66. The van der Waals surface area contributed by atoms with E-state index in [4.69, 9.17) is 0 Å². The van der Waals surface area contributed by atoms with E-state index in [-0.39, 0.29) is 23.5 Å². The summed E-state index contributed by atoms with van der Waals surface area (Å²) in [6, 6.07) is 11.5. The molecule has 1 aromatic carbocycles. The zero-order valence-electron chi connectivity index (χ0n) is 14.9. The van der Waals surface area contributed by atoms with Crippen LogP contribution in [0.4, 0.5) is 0 Å². The number of benzene rings is 1. The van der Waals surface area contributed by atoms with Gasteiger partial charge in [0.15, 0.2) is 5.82 Å². The number of aromatic nitrogens is 4. The Bertz CT molecular complexity index is 1040. The number of hydrogen-bond donors (Lipinski definition) is 1. The van der Waals surface area contributed by atoms with Crippen LogP contribution in [0.3, 0.4) is 0 Å². The van der Waals surface area contributed by atoms with E-state index < -0.39 is 10.0 Å². The molecule has 2 aromatic heterocycles. The highest BCUT2D eigenvalue weighted by Gasteiger charge is 2.13. The molecule has 9 heteroatoms. The van der Waals surface area contributed by atoms with E-state index in [1.807, 2.05) is 12.1 Å². The van der Waals surface area contributed by atoms with Gasteiger partial charge in [0.1, 0.15) is 0 Å². The zero-order chi connectivity index (χ0) is 19.3. The largest absolute Gasteiger partial charge is 0.268 e. The van der Waals surface area contributed by atoms with E-state index in [0.717, 1.165) is 18.4 Å². The molecule has 1 N–H and O–H groups in total. The van der Waals surface area contributed by atoms with Crippen molar-refractivity contribution in [3.63, 3.8) is 0 Å². The molecule has 0 spiro atoms. The SMILES string of the molecule is CCCc1ccc(S(=O)(=O)NCCn2nc(-n3cccn3)ccc2=O)cc1. The molecule has 0 aliphatic rings. The lowest BCUT2D eigenvalue weighted by Gasteiger charge is -2.09. The molecular formula is C18H21N5O3S. The van der Waals surface area contributed by atoms with Gasteiger partial charge >= 0.3 is 0 Å². The lowest BCUT2D eigenvalue weighted by atomic mass is 10.1. The molecule has 0 aliphatic carbocycles. The van der Waals surface area contributed by atoms with Crippen molar-refractivity contribution in [3.8, 4) is 5.82 Å². The lowest BCUT2D eigenvalue weighted by Crippen LogP contribution is -2.32. The smallest absolute Gasteiger partial charge is 0.266 e. The van der Waals surface area contributed by atoms with Crippen LogP contribution in [0.15, 0.2) is 64.5 Å². The molecule has 27 heavy (non-hydrogen) atoms. The van der Waals surface area contributed by atoms with Crippen LogP contribution in [0.2, 0.25) is 0 Å². The van der Waals surface area contributed by atoms with Crippen molar-refractivity contribution in [1.29, 1.82) is 0 Å². The third-order valence-electron chi connectivity index (χ3n) is 3.98. The molecule has 0 bridgehead atoms. The molecule has 3 rings (SSSR count). The Morgan fingerprint density at radius 3 is 2.56 bits per heavy atom. The minimum atomic E-state index is -3.64. The molecule has 0 aliphatic heterocycles. The minimum absolute atomic E-state index is 0.0501. The maximum Gasteiger partial charge on any atom is 0.266 e. The predicted molar refractivity (Wildman–Crippen MR) is 101 cm³/mol. The summed E-state index contributed by atoms with van der Waals surface area (Å²) < 4.78 is 30.0. The minimum Gasteiger partial charge on any atom is -0.268 e. The first kappa shape index (κ1) is 19.0. The summed E-state index contributed by atoms with van der Waals surface area (Å²) in [6.45, 7) is 2.24. The first-order valence-corrected chi connectivity index (χ1v) is 10.1. The Kier molecular flexibility index (Phi) is 5.82. The second-order valence-corrected chi connectivity index (χ2v) is 7.76. The third kappa shape index (κ3) is 4.69. The third-order valence-corrected chi connectivity index (χ3v) is 5.46. The molecule has 0 amide bonds. The second kappa shape index (κ2) is 8.28. The van der Waals surface area contributed by atoms with E-state index in [0.29, 0.717) is 5.82 Å². The maximum atomic E-state index is 12.4. The topological polar surface area (TPSA) is 98.9 Å². The van der Waals surface area contributed by atoms with Crippen molar-refractivity contribution in [3.05, 3.63) is 70.8 Å². The number of hydrogen-bond acceptors (Lipinski definition) is 5. The van der Waals surface area contributed by atoms with E-state index >= 15 is 0 Å². The Morgan fingerprint density at radius 2 is 1.89 bits per heavy atom. The molecule has 142 valence electrons. The molecule has 0 fully saturated rings. The van der Waals surface area contributed by atoms with Crippen LogP contribution in [-0.4, -0.2) is 34.5 Å². The van der Waals surface area contributed by atoms with Crippen LogP contribution in [0.1, 0.15) is 18.9 Å². The van der Waals surface area contributed by atoms with Crippen LogP contribution in [0.5, 0.6) is 0 Å². The highest BCUT2D eigenvalue weighted by Crippen LogP contribution is 2.11. The molecule has 3 aromatic rings. The van der Waals surface area contributed by atoms with Gasteiger partial charge in [0, 0.05) is 25.0 Å². The molecule has 0 unspecified atom stereocenters. The molecule has 0 saturated carbocycles. The summed E-state index contributed by atoms with van der Waals surface area (Å²) in [4.78, 5) is 12.2. The number of sulfonamides is 1. The van der Waals surface area contributed by atoms with Crippen molar-refractivity contribution < 1.29 is 8.42 Å². The van der Waals surface area contributed by atoms with Crippen LogP contribution in [-0.2, 0) is 23.0 Å². The van der Waals surface area contributed by atoms with E-state index in [1.54, 1.807) is 36.7 Å². The molecule has 2 heterocycles. The van der Waals surface area contributed by atoms with Crippen molar-refractivity contribution in [2.45, 2.75) is 31.2 Å². The van der Waals surface area contributed by atoms with Crippen LogP contribution >= 0.6 is 0 Å². The lowest BCUT2D eigenvalue weighted by molar-refractivity contribution is 0.542. The monoisotopic (exact) mass is 387 g/mol. The average molecular weight is 387 g/mol. The van der Waals surface area contributed by atoms with Gasteiger partial charge in [-0.3, -0.25) is 4.79 Å². The second-order valence-electron chi connectivity index (χ2n) is 6.00. The van der Waals surface area contributed by atoms with Crippen molar-refractivity contribution in [2.75, 3.05) is 6.54 Å². The zero-order valence-corrected chi connectivity index (χ0v) is 15.8. The van der Waals surface area contributed by atoms with Crippen LogP contribution < -0.4 is 10.3 Å². The predicted octanol–water partition coefficient (Wildman–Crippen LogP) is 1.36. The van der Waals surface area contributed by atoms with Gasteiger partial charge in [0.05, 0.1) is 11.4 Å². The highest BCUT2D eigenvalue weighted by atomic mass is 32.2. The first-order valence-electron chi connectivity index (χ1n) is 8.66. The van der Waals surface area contributed by atoms with Crippen LogP contribution in [0.25, 0.3) is 5.82 Å². The molecule has 8 nitrogen and oxygen atoms in total. The Labute approximate surface area is 157 Å². The van der Waals surface area contributed by atoms with E-state index in [9.17, 15) is 13.2 Å². The van der Waals surface area contributed by atoms with Gasteiger partial charge in [-0.25, -0.2) is 22.5 Å². The summed E-state index contributed by atoms with van der Waals surface area (Å²) in [5.41, 5.74) is 0.789. The standard InChI is InChI=1S/C18H21N5O3S/c1-2-4-15-5-7-16(8-6-15)27(25,26)20-12-14-23-18(24)10-9-17(21-23)22-13-3-11-19-22/h3,5-11,13,20H,2,4,12,14H2,1H3. The summed E-state index contributed by atoms with van der Waals surface area (Å²) >= 11 is 0. The van der Waals surface area contributed by atoms with Gasteiger partial charge in [0.25, 0.3) is 5.56 Å². The van der Waals surface area contributed by atoms with Gasteiger partial charge in [-0.1, -0.05) is 25.5 Å². The molecule has 0 radical (unpaired) electrons. The van der Waals surface area contributed by atoms with Gasteiger partial charge in [-0.2, -0.15) is 5.10 Å². The summed E-state index contributed by atoms with van der Waals surface area (Å²) in [5, 5.41) is 8.27. The summed E-state index contributed by atoms with van der Waals surface area (Å²) in [6.07, 6.45) is 5.23. The van der Waals surface area contributed by atoms with Gasteiger partial charge in [0.2, 0.25) is 10.0 Å². The number of rotatable bonds is 8. The summed E-state index contributed by atoms with van der Waals surface area (Å²) in [7, 11) is -3.64. The number of nitrogens with one attached hydrogen (secondary N) is 1. The normalized spacial score (nSPS) is 11.6. The van der Waals surface area contributed by atoms with E-state index in [1.165, 1.54) is 15.4 Å². The number of aryl methyl sites for hydroxylation is 1. The average Bonchev–Trinajstić information content (AvgIpc) is 3.19. The quantitative estimate of drug-likeness (QED) is 0.629. The van der Waals surface area contributed by atoms with Gasteiger partial charge < -0.3 is 0 Å². The molecule has 0 saturated heterocycles. The summed E-state index contributed by atoms with van der Waals surface area (Å²) in [5.74, 6) is 0.481. The number of nitrogens with zero attached hydrogens (tertiary/aromatic N) is 4. The molecule has 0 atom stereocenters. The van der Waals surface area contributed by atoms with Crippen molar-refractivity contribution in [2.24, 2.45) is 0 Å². The van der Waals surface area contributed by atoms with E-state index in [2.05, 4.69) is 21.8 Å². The van der Waals surface area contributed by atoms with Gasteiger partial charge in [-0.15, -0.1) is 5.10 Å². The fourth-order valence-electron chi connectivity index (χ4n) is 2.62. The Hall–Kier alpha value is -2.78.